The van der Waals surface area contributed by atoms with Gasteiger partial charge in [-0.3, -0.25) is 0 Å². The molecule has 0 aliphatic heterocycles. The third-order valence-electron chi connectivity index (χ3n) is 2.74. The lowest BCUT2D eigenvalue weighted by Gasteiger charge is -2.15. The molecule has 1 radical (unpaired) electrons. The maximum atomic E-state index is 12.7. The molecule has 6 heteroatoms. The van der Waals surface area contributed by atoms with Gasteiger partial charge in [-0.2, -0.15) is 13.2 Å². The Labute approximate surface area is 138 Å². The highest BCUT2D eigenvalue weighted by atomic mass is 127. The molecular formula is C16H10F3IO2-. The fraction of sp³-hybridized carbons (Fsp3) is 0.0625. The number of esters is 1. The maximum Gasteiger partial charge on any atom is 0.416 e. The van der Waals surface area contributed by atoms with Crippen molar-refractivity contribution in [2.24, 2.45) is 0 Å². The fourth-order valence-corrected chi connectivity index (χ4v) is 2.12. The number of rotatable bonds is 3. The number of ether oxygens (including phenoxy) is 1. The Hall–Kier alpha value is -1.83. The molecule has 22 heavy (non-hydrogen) atoms. The first kappa shape index (κ1) is 16.5. The number of hydrogen-bond acceptors (Lipinski definition) is 2. The van der Waals surface area contributed by atoms with Crippen LogP contribution in [-0.4, -0.2) is 5.97 Å². The molecule has 115 valence electrons. The van der Waals surface area contributed by atoms with Crippen LogP contribution in [0.15, 0.2) is 60.9 Å². The molecule has 0 aromatic heterocycles. The van der Waals surface area contributed by atoms with Crippen LogP contribution >= 0.6 is 0 Å². The van der Waals surface area contributed by atoms with Gasteiger partial charge in [0.15, 0.2) is 0 Å². The second-order valence-electron chi connectivity index (χ2n) is 4.32. The van der Waals surface area contributed by atoms with Crippen LogP contribution in [0.3, 0.4) is 0 Å². The molecular weight excluding hydrogens is 408 g/mol. The number of alkyl halides is 3. The standard InChI is InChI=1S/C16H10F3IO2/c17-16(18,19)13-8-4-7-12(9-13)14(20)10-22-15(21)11-5-2-1-3-6-11/h1-10H/q-1/b14-10-. The first-order valence-corrected chi connectivity index (χ1v) is 7.25. The molecule has 0 atom stereocenters. The predicted molar refractivity (Wildman–Crippen MR) is 71.3 cm³/mol. The fourth-order valence-electron chi connectivity index (χ4n) is 1.66. The summed E-state index contributed by atoms with van der Waals surface area (Å²) in [5, 5.41) is 0. The summed E-state index contributed by atoms with van der Waals surface area (Å²) in [4.78, 5) is 11.8. The summed E-state index contributed by atoms with van der Waals surface area (Å²) in [6.07, 6.45) is -3.26. The topological polar surface area (TPSA) is 26.3 Å². The molecule has 2 aromatic rings. The lowest BCUT2D eigenvalue weighted by Crippen LogP contribution is -3.32. The second kappa shape index (κ2) is 6.95. The Morgan fingerprint density at radius 2 is 1.64 bits per heavy atom. The van der Waals surface area contributed by atoms with Crippen molar-refractivity contribution >= 4 is 9.55 Å². The van der Waals surface area contributed by atoms with Gasteiger partial charge >= 0.3 is 12.1 Å². The van der Waals surface area contributed by atoms with Crippen molar-refractivity contribution in [2.45, 2.75) is 6.18 Å². The van der Waals surface area contributed by atoms with Crippen molar-refractivity contribution in [3.05, 3.63) is 77.5 Å². The monoisotopic (exact) mass is 418 g/mol. The lowest BCUT2D eigenvalue weighted by molar-refractivity contribution is -0.245. The third-order valence-corrected chi connectivity index (χ3v) is 3.62. The van der Waals surface area contributed by atoms with E-state index < -0.39 is 17.7 Å². The first-order valence-electron chi connectivity index (χ1n) is 6.17. The molecule has 2 rings (SSSR count). The smallest absolute Gasteiger partial charge is 0.416 e. The van der Waals surface area contributed by atoms with E-state index >= 15 is 0 Å². The lowest BCUT2D eigenvalue weighted by atomic mass is 10.1. The molecule has 2 aromatic carbocycles. The van der Waals surface area contributed by atoms with Crippen LogP contribution in [0.1, 0.15) is 21.5 Å². The van der Waals surface area contributed by atoms with Gasteiger partial charge in [0.1, 0.15) is 0 Å². The van der Waals surface area contributed by atoms with E-state index in [1.807, 2.05) is 22.6 Å². The molecule has 0 saturated carbocycles. The van der Waals surface area contributed by atoms with E-state index in [-0.39, 0.29) is 0 Å². The Kier molecular flexibility index (Phi) is 5.23. The van der Waals surface area contributed by atoms with E-state index in [1.54, 1.807) is 30.3 Å². The SMILES string of the molecule is O=C(O/C=C(\[I-])c1cccc(C(F)(F)F)c1)c1ccccc1. The van der Waals surface area contributed by atoms with Crippen molar-refractivity contribution in [2.75, 3.05) is 0 Å². The van der Waals surface area contributed by atoms with Gasteiger partial charge in [-0.1, -0.05) is 30.3 Å². The van der Waals surface area contributed by atoms with Crippen LogP contribution in [0, 0.1) is 0 Å². The zero-order valence-corrected chi connectivity index (χ0v) is 13.3. The Morgan fingerprint density at radius 1 is 1.00 bits per heavy atom. The minimum atomic E-state index is -4.41. The molecule has 0 unspecified atom stereocenters. The molecule has 0 saturated heterocycles. The van der Waals surface area contributed by atoms with Crippen LogP contribution in [0.25, 0.3) is 3.58 Å². The summed E-state index contributed by atoms with van der Waals surface area (Å²) in [7, 11) is 0. The zero-order chi connectivity index (χ0) is 16.2. The highest BCUT2D eigenvalue weighted by Crippen LogP contribution is 2.30. The molecule has 0 spiro atoms. The van der Waals surface area contributed by atoms with E-state index in [1.165, 1.54) is 12.1 Å². The summed E-state index contributed by atoms with van der Waals surface area (Å²) in [6, 6.07) is 13.2. The van der Waals surface area contributed by atoms with Crippen LogP contribution < -0.4 is 22.6 Å². The normalized spacial score (nSPS) is 12.1. The summed E-state index contributed by atoms with van der Waals surface area (Å²) in [6.45, 7) is 0. The molecule has 0 aliphatic carbocycles. The molecule has 0 amide bonds. The van der Waals surface area contributed by atoms with Gasteiger partial charge in [0.2, 0.25) is 0 Å². The van der Waals surface area contributed by atoms with Gasteiger partial charge in [-0.15, -0.1) is 3.58 Å². The van der Waals surface area contributed by atoms with Crippen LogP contribution in [0.4, 0.5) is 13.2 Å². The van der Waals surface area contributed by atoms with Crippen molar-refractivity contribution in [3.63, 3.8) is 0 Å². The van der Waals surface area contributed by atoms with Crippen molar-refractivity contribution in [1.82, 2.24) is 0 Å². The van der Waals surface area contributed by atoms with Gasteiger partial charge in [0, 0.05) is 0 Å². The average molecular weight is 418 g/mol. The highest BCUT2D eigenvalue weighted by molar-refractivity contribution is 5.90. The molecule has 0 aliphatic rings. The number of benzene rings is 2. The van der Waals surface area contributed by atoms with Crippen molar-refractivity contribution in [1.29, 1.82) is 0 Å². The van der Waals surface area contributed by atoms with Crippen LogP contribution in [-0.2, 0) is 10.9 Å². The minimum Gasteiger partial charge on any atom is -0.755 e. The highest BCUT2D eigenvalue weighted by Gasteiger charge is 2.30. The van der Waals surface area contributed by atoms with E-state index in [9.17, 15) is 18.0 Å². The largest absolute Gasteiger partial charge is 0.755 e. The van der Waals surface area contributed by atoms with Crippen LogP contribution in [0.5, 0.6) is 0 Å². The van der Waals surface area contributed by atoms with Gasteiger partial charge in [-0.25, -0.2) is 4.79 Å². The predicted octanol–water partition coefficient (Wildman–Crippen LogP) is 1.41. The summed E-state index contributed by atoms with van der Waals surface area (Å²) < 4.78 is 43.4. The molecule has 0 heterocycles. The summed E-state index contributed by atoms with van der Waals surface area (Å²) in [5.41, 5.74) is -0.0507. The van der Waals surface area contributed by atoms with Gasteiger partial charge in [0.25, 0.3) is 0 Å². The molecule has 2 nitrogen and oxygen atoms in total. The summed E-state index contributed by atoms with van der Waals surface area (Å²) in [5.74, 6) is -0.568. The third kappa shape index (κ3) is 4.33. The van der Waals surface area contributed by atoms with Gasteiger partial charge < -0.3 is 27.3 Å². The number of halogens is 4. The summed E-state index contributed by atoms with van der Waals surface area (Å²) >= 11 is 1.82. The van der Waals surface area contributed by atoms with Crippen molar-refractivity contribution < 1.29 is 45.3 Å². The average Bonchev–Trinajstić information content (AvgIpc) is 2.52. The van der Waals surface area contributed by atoms with Gasteiger partial charge in [-0.05, 0) is 29.8 Å². The number of carbonyl (C=O) groups excluding carboxylic acids is 1. The quantitative estimate of drug-likeness (QED) is 0.429. The molecule has 0 fully saturated rings. The zero-order valence-electron chi connectivity index (χ0n) is 11.1. The van der Waals surface area contributed by atoms with E-state index in [0.29, 0.717) is 14.7 Å². The number of hydrogen-bond donors (Lipinski definition) is 0. The van der Waals surface area contributed by atoms with E-state index in [0.717, 1.165) is 18.4 Å². The molecule has 0 bridgehead atoms. The van der Waals surface area contributed by atoms with E-state index in [4.69, 9.17) is 4.74 Å². The maximum absolute atomic E-state index is 12.7. The van der Waals surface area contributed by atoms with Crippen LogP contribution in [0.2, 0.25) is 0 Å². The Morgan fingerprint density at radius 3 is 2.27 bits per heavy atom. The Balaban J connectivity index is 2.14. The van der Waals surface area contributed by atoms with Gasteiger partial charge in [0.05, 0.1) is 17.4 Å². The Bertz CT molecular complexity index is 694. The first-order chi connectivity index (χ1) is 10.4. The molecule has 0 N–H and O–H groups in total. The van der Waals surface area contributed by atoms with Crippen molar-refractivity contribution in [3.8, 4) is 0 Å². The minimum absolute atomic E-state index is 0.330. The van der Waals surface area contributed by atoms with E-state index in [2.05, 4.69) is 0 Å². The number of carbonyl (C=O) groups is 1. The second-order valence-corrected chi connectivity index (χ2v) is 5.48.